The van der Waals surface area contributed by atoms with Crippen molar-refractivity contribution in [2.24, 2.45) is 5.41 Å². The van der Waals surface area contributed by atoms with E-state index in [1.165, 1.54) is 69.4 Å². The number of hydrogen-bond donors (Lipinski definition) is 1. The highest BCUT2D eigenvalue weighted by Gasteiger charge is 2.46. The molecule has 0 bridgehead atoms. The zero-order valence-electron chi connectivity index (χ0n) is 16.6. The summed E-state index contributed by atoms with van der Waals surface area (Å²) in [5.74, 6) is 1.45. The van der Waals surface area contributed by atoms with Crippen molar-refractivity contribution < 1.29 is 0 Å². The van der Waals surface area contributed by atoms with Crippen molar-refractivity contribution in [1.82, 2.24) is 10.2 Å². The average molecular weight is 395 g/mol. The van der Waals surface area contributed by atoms with Crippen LogP contribution in [0.4, 0.5) is 0 Å². The molecule has 1 unspecified atom stereocenters. The van der Waals surface area contributed by atoms with Crippen LogP contribution in [0.15, 0.2) is 54.6 Å². The lowest BCUT2D eigenvalue weighted by atomic mass is 9.89. The molecule has 1 aliphatic heterocycles. The molecule has 2 aromatic rings. The number of nitrogens with zero attached hydrogens (tertiary/aromatic N) is 1. The second-order valence-electron chi connectivity index (χ2n) is 9.34. The topological polar surface area (TPSA) is 15.3 Å². The van der Waals surface area contributed by atoms with E-state index in [0.717, 1.165) is 10.9 Å². The van der Waals surface area contributed by atoms with Crippen molar-refractivity contribution in [3.05, 3.63) is 70.7 Å². The summed E-state index contributed by atoms with van der Waals surface area (Å²) in [5, 5.41) is 4.74. The van der Waals surface area contributed by atoms with Gasteiger partial charge in [-0.15, -0.1) is 0 Å². The lowest BCUT2D eigenvalue weighted by Crippen LogP contribution is -2.40. The molecule has 2 atom stereocenters. The first-order valence-corrected chi connectivity index (χ1v) is 11.3. The summed E-state index contributed by atoms with van der Waals surface area (Å²) in [6.45, 7) is 4.98. The molecule has 2 saturated carbocycles. The highest BCUT2D eigenvalue weighted by molar-refractivity contribution is 6.30. The average Bonchev–Trinajstić information content (AvgIpc) is 3.65. The van der Waals surface area contributed by atoms with E-state index in [2.05, 4.69) is 52.7 Å². The zero-order valence-corrected chi connectivity index (χ0v) is 17.4. The van der Waals surface area contributed by atoms with Crippen LogP contribution in [0.2, 0.25) is 5.02 Å². The van der Waals surface area contributed by atoms with Crippen molar-refractivity contribution in [2.75, 3.05) is 26.2 Å². The number of nitrogens with one attached hydrogen (secondary N) is 1. The van der Waals surface area contributed by atoms with Gasteiger partial charge in [-0.05, 0) is 79.8 Å². The lowest BCUT2D eigenvalue weighted by Gasteiger charge is -2.35. The van der Waals surface area contributed by atoms with Gasteiger partial charge in [-0.2, -0.15) is 0 Å². The van der Waals surface area contributed by atoms with Gasteiger partial charge in [0.2, 0.25) is 0 Å². The van der Waals surface area contributed by atoms with Crippen LogP contribution in [0.1, 0.15) is 55.1 Å². The van der Waals surface area contributed by atoms with E-state index in [1.807, 2.05) is 12.1 Å². The van der Waals surface area contributed by atoms with Gasteiger partial charge in [-0.3, -0.25) is 0 Å². The highest BCUT2D eigenvalue weighted by atomic mass is 35.5. The number of rotatable bonds is 7. The Kier molecular flexibility index (Phi) is 5.21. The van der Waals surface area contributed by atoms with Crippen LogP contribution in [0.3, 0.4) is 0 Å². The summed E-state index contributed by atoms with van der Waals surface area (Å²) in [5.41, 5.74) is 3.53. The highest BCUT2D eigenvalue weighted by Crippen LogP contribution is 2.48. The Balaban J connectivity index is 1.07. The van der Waals surface area contributed by atoms with Crippen molar-refractivity contribution in [2.45, 2.75) is 50.0 Å². The van der Waals surface area contributed by atoms with Crippen LogP contribution < -0.4 is 5.32 Å². The van der Waals surface area contributed by atoms with Crippen molar-refractivity contribution in [3.63, 3.8) is 0 Å². The molecule has 1 saturated heterocycles. The molecule has 0 radical (unpaired) electrons. The molecule has 3 heteroatoms. The van der Waals surface area contributed by atoms with Crippen LogP contribution in [-0.2, 0) is 0 Å². The van der Waals surface area contributed by atoms with E-state index in [4.69, 9.17) is 11.6 Å². The van der Waals surface area contributed by atoms with Gasteiger partial charge >= 0.3 is 0 Å². The maximum atomic E-state index is 6.04. The third kappa shape index (κ3) is 4.30. The van der Waals surface area contributed by atoms with Gasteiger partial charge in [-0.1, -0.05) is 54.1 Å². The predicted octanol–water partition coefficient (Wildman–Crippen LogP) is 5.45. The fraction of sp³-hybridized carbons (Fsp3) is 0.520. The molecule has 2 nitrogen and oxygen atoms in total. The van der Waals surface area contributed by atoms with E-state index in [9.17, 15) is 0 Å². The Labute approximate surface area is 174 Å². The fourth-order valence-corrected chi connectivity index (χ4v) is 5.16. The summed E-state index contributed by atoms with van der Waals surface area (Å²) in [7, 11) is 0. The van der Waals surface area contributed by atoms with E-state index >= 15 is 0 Å². The van der Waals surface area contributed by atoms with Crippen LogP contribution in [-0.4, -0.2) is 37.1 Å². The maximum Gasteiger partial charge on any atom is 0.0406 e. The van der Waals surface area contributed by atoms with Gasteiger partial charge in [0.15, 0.2) is 0 Å². The second-order valence-corrected chi connectivity index (χ2v) is 9.78. The van der Waals surface area contributed by atoms with Gasteiger partial charge in [-0.25, -0.2) is 0 Å². The minimum atomic E-state index is 0.553. The summed E-state index contributed by atoms with van der Waals surface area (Å²) in [6.07, 6.45) is 6.68. The summed E-state index contributed by atoms with van der Waals surface area (Å²) in [4.78, 5) is 2.72. The molecule has 5 rings (SSSR count). The fourth-order valence-electron chi connectivity index (χ4n) is 5.04. The number of hydrogen-bond acceptors (Lipinski definition) is 2. The molecule has 0 aromatic heterocycles. The second kappa shape index (κ2) is 7.82. The normalized spacial score (nSPS) is 26.9. The molecule has 1 N–H and O–H groups in total. The van der Waals surface area contributed by atoms with Gasteiger partial charge < -0.3 is 10.2 Å². The Bertz CT molecular complexity index is 776. The van der Waals surface area contributed by atoms with Gasteiger partial charge in [0.1, 0.15) is 0 Å². The smallest absolute Gasteiger partial charge is 0.0406 e. The van der Waals surface area contributed by atoms with E-state index < -0.39 is 0 Å². The largest absolute Gasteiger partial charge is 0.313 e. The van der Waals surface area contributed by atoms with Gasteiger partial charge in [0, 0.05) is 30.1 Å². The van der Waals surface area contributed by atoms with E-state index in [-0.39, 0.29) is 0 Å². The Morgan fingerprint density at radius 2 is 1.64 bits per heavy atom. The number of benzene rings is 2. The molecule has 0 amide bonds. The molecular weight excluding hydrogens is 364 g/mol. The van der Waals surface area contributed by atoms with Crippen LogP contribution in [0, 0.1) is 5.41 Å². The third-order valence-electron chi connectivity index (χ3n) is 7.20. The first-order valence-electron chi connectivity index (χ1n) is 11.0. The Morgan fingerprint density at radius 1 is 0.929 bits per heavy atom. The first-order chi connectivity index (χ1) is 13.7. The van der Waals surface area contributed by atoms with Crippen molar-refractivity contribution >= 4 is 11.6 Å². The first kappa shape index (κ1) is 18.7. The molecule has 2 aromatic carbocycles. The van der Waals surface area contributed by atoms with Crippen LogP contribution in [0.5, 0.6) is 0 Å². The molecular formula is C25H31ClN2. The third-order valence-corrected chi connectivity index (χ3v) is 7.45. The minimum Gasteiger partial charge on any atom is -0.313 e. The minimum absolute atomic E-state index is 0.553. The number of likely N-dealkylation sites (tertiary alicyclic amines) is 1. The van der Waals surface area contributed by atoms with Crippen LogP contribution >= 0.6 is 11.6 Å². The molecule has 148 valence electrons. The molecule has 3 fully saturated rings. The van der Waals surface area contributed by atoms with E-state index in [0.29, 0.717) is 17.4 Å². The maximum absolute atomic E-state index is 6.04. The SMILES string of the molecule is Clc1ccc(C2CCN(CC3(CN[C@H]4CC4c4ccccc4)CC3)CC2)cc1. The van der Waals surface area contributed by atoms with Crippen molar-refractivity contribution in [1.29, 1.82) is 0 Å². The monoisotopic (exact) mass is 394 g/mol. The predicted molar refractivity (Wildman–Crippen MR) is 117 cm³/mol. The van der Waals surface area contributed by atoms with Gasteiger partial charge in [0.25, 0.3) is 0 Å². The Morgan fingerprint density at radius 3 is 2.32 bits per heavy atom. The van der Waals surface area contributed by atoms with E-state index in [1.54, 1.807) is 0 Å². The zero-order chi connectivity index (χ0) is 19.0. The number of piperidine rings is 1. The van der Waals surface area contributed by atoms with Gasteiger partial charge in [0.05, 0.1) is 0 Å². The summed E-state index contributed by atoms with van der Waals surface area (Å²) >= 11 is 6.04. The Hall–Kier alpha value is -1.35. The van der Waals surface area contributed by atoms with Crippen molar-refractivity contribution in [3.8, 4) is 0 Å². The summed E-state index contributed by atoms with van der Waals surface area (Å²) < 4.78 is 0. The molecule has 0 spiro atoms. The van der Waals surface area contributed by atoms with Crippen LogP contribution in [0.25, 0.3) is 0 Å². The molecule has 2 aliphatic carbocycles. The number of halogens is 1. The lowest BCUT2D eigenvalue weighted by molar-refractivity contribution is 0.172. The molecule has 3 aliphatic rings. The summed E-state index contributed by atoms with van der Waals surface area (Å²) in [6, 6.07) is 20.2. The standard InChI is InChI=1S/C25H31ClN2/c26-22-8-6-19(7-9-22)20-10-14-28(15-11-20)18-25(12-13-25)17-27-24-16-23(24)21-4-2-1-3-5-21/h1-9,20,23-24,27H,10-18H2/t23?,24-/m0/s1. The quantitative estimate of drug-likeness (QED) is 0.672. The molecule has 1 heterocycles. The molecule has 28 heavy (non-hydrogen) atoms.